The van der Waals surface area contributed by atoms with Gasteiger partial charge >= 0.3 is 0 Å². The molecule has 0 spiro atoms. The molecule has 2 aliphatic rings. The number of pyridine rings is 1. The van der Waals surface area contributed by atoms with Crippen LogP contribution in [-0.2, 0) is 15.4 Å². The van der Waals surface area contributed by atoms with E-state index in [0.717, 1.165) is 0 Å². The number of ether oxygens (including phenoxy) is 1. The molecule has 1 aromatic rings. The van der Waals surface area contributed by atoms with Crippen molar-refractivity contribution < 1.29 is 14.3 Å². The molecule has 1 aromatic heterocycles. The van der Waals surface area contributed by atoms with Crippen molar-refractivity contribution >= 4 is 11.8 Å². The zero-order chi connectivity index (χ0) is 17.0. The van der Waals surface area contributed by atoms with E-state index in [-0.39, 0.29) is 23.7 Å². The first-order valence-electron chi connectivity index (χ1n) is 8.02. The van der Waals surface area contributed by atoms with Gasteiger partial charge in [0.25, 0.3) is 11.8 Å². The summed E-state index contributed by atoms with van der Waals surface area (Å²) in [6.45, 7) is 10.1. The zero-order valence-electron chi connectivity index (χ0n) is 14.2. The predicted octanol–water partition coefficient (Wildman–Crippen LogP) is 1.86. The maximum atomic E-state index is 13.0. The van der Waals surface area contributed by atoms with Gasteiger partial charge in [0.05, 0.1) is 12.2 Å². The molecule has 2 amide bonds. The summed E-state index contributed by atoms with van der Waals surface area (Å²) in [6.07, 6.45) is 1.62. The van der Waals surface area contributed by atoms with Crippen LogP contribution in [0.3, 0.4) is 0 Å². The average Bonchev–Trinajstić information content (AvgIpc) is 2.88. The number of carbonyl (C=O) groups excluding carboxylic acids is 2. The minimum Gasteiger partial charge on any atom is -0.333 e. The molecule has 124 valence electrons. The molecule has 1 N–H and O–H groups in total. The molecule has 3 heterocycles. The van der Waals surface area contributed by atoms with E-state index < -0.39 is 11.4 Å². The SMILES string of the molecule is CC(C)COC12NC(=O)C(C)(C(C)C)N1C(=O)c1cccnc12. The van der Waals surface area contributed by atoms with Crippen molar-refractivity contribution in [1.82, 2.24) is 15.2 Å². The molecule has 0 bridgehead atoms. The highest BCUT2D eigenvalue weighted by Crippen LogP contribution is 2.48. The van der Waals surface area contributed by atoms with Gasteiger partial charge in [-0.3, -0.25) is 19.5 Å². The Hall–Kier alpha value is -1.95. The van der Waals surface area contributed by atoms with Crippen molar-refractivity contribution in [3.8, 4) is 0 Å². The molecule has 2 aliphatic heterocycles. The summed E-state index contributed by atoms with van der Waals surface area (Å²) in [5, 5.41) is 2.92. The van der Waals surface area contributed by atoms with Crippen LogP contribution in [0.5, 0.6) is 0 Å². The van der Waals surface area contributed by atoms with E-state index in [9.17, 15) is 9.59 Å². The lowest BCUT2D eigenvalue weighted by Gasteiger charge is -2.39. The van der Waals surface area contributed by atoms with Gasteiger partial charge in [0.1, 0.15) is 11.2 Å². The van der Waals surface area contributed by atoms with Crippen molar-refractivity contribution in [1.29, 1.82) is 0 Å². The summed E-state index contributed by atoms with van der Waals surface area (Å²) >= 11 is 0. The lowest BCUT2D eigenvalue weighted by atomic mass is 9.87. The largest absolute Gasteiger partial charge is 0.333 e. The second-order valence-electron chi connectivity index (χ2n) is 7.15. The summed E-state index contributed by atoms with van der Waals surface area (Å²) in [6, 6.07) is 3.46. The number of hydrogen-bond acceptors (Lipinski definition) is 4. The summed E-state index contributed by atoms with van der Waals surface area (Å²) < 4.78 is 6.10. The maximum absolute atomic E-state index is 13.0. The van der Waals surface area contributed by atoms with Gasteiger partial charge in [-0.05, 0) is 30.9 Å². The molecule has 0 aliphatic carbocycles. The fourth-order valence-corrected chi connectivity index (χ4v) is 3.23. The topological polar surface area (TPSA) is 71.5 Å². The highest BCUT2D eigenvalue weighted by Gasteiger charge is 2.68. The summed E-state index contributed by atoms with van der Waals surface area (Å²) in [4.78, 5) is 31.7. The molecule has 0 saturated carbocycles. The summed E-state index contributed by atoms with van der Waals surface area (Å²) in [5.41, 5.74) is -0.0131. The molecule has 6 heteroatoms. The van der Waals surface area contributed by atoms with Gasteiger partial charge in [-0.1, -0.05) is 27.7 Å². The van der Waals surface area contributed by atoms with Crippen LogP contribution >= 0.6 is 0 Å². The Morgan fingerprint density at radius 2 is 2.00 bits per heavy atom. The minimum absolute atomic E-state index is 0.0645. The number of nitrogens with one attached hydrogen (secondary N) is 1. The van der Waals surface area contributed by atoms with Crippen LogP contribution in [0.25, 0.3) is 0 Å². The van der Waals surface area contributed by atoms with Crippen molar-refractivity contribution in [2.75, 3.05) is 6.61 Å². The normalized spacial score (nSPS) is 29.3. The molecule has 1 saturated heterocycles. The Bertz CT molecular complexity index is 673. The smallest absolute Gasteiger partial charge is 0.271 e. The van der Waals surface area contributed by atoms with Crippen molar-refractivity contribution in [3.05, 3.63) is 29.6 Å². The first-order valence-corrected chi connectivity index (χ1v) is 8.02. The lowest BCUT2D eigenvalue weighted by Crippen LogP contribution is -2.56. The van der Waals surface area contributed by atoms with Crippen LogP contribution in [0, 0.1) is 11.8 Å². The Labute approximate surface area is 136 Å². The number of fused-ring (bicyclic) bond motifs is 3. The van der Waals surface area contributed by atoms with Gasteiger partial charge < -0.3 is 10.1 Å². The van der Waals surface area contributed by atoms with E-state index in [1.807, 2.05) is 27.7 Å². The highest BCUT2D eigenvalue weighted by atomic mass is 16.5. The van der Waals surface area contributed by atoms with Crippen molar-refractivity contribution in [3.63, 3.8) is 0 Å². The van der Waals surface area contributed by atoms with Crippen molar-refractivity contribution in [2.45, 2.75) is 46.0 Å². The van der Waals surface area contributed by atoms with E-state index in [1.54, 1.807) is 30.2 Å². The van der Waals surface area contributed by atoms with Gasteiger partial charge in [-0.2, -0.15) is 0 Å². The third-order valence-electron chi connectivity index (χ3n) is 4.83. The van der Waals surface area contributed by atoms with Gasteiger partial charge in [-0.15, -0.1) is 0 Å². The highest BCUT2D eigenvalue weighted by molar-refractivity contribution is 6.06. The Morgan fingerprint density at radius 3 is 2.61 bits per heavy atom. The van der Waals surface area contributed by atoms with Crippen molar-refractivity contribution in [2.24, 2.45) is 11.8 Å². The second kappa shape index (κ2) is 5.03. The predicted molar refractivity (Wildman–Crippen MR) is 84.3 cm³/mol. The Kier molecular flexibility index (Phi) is 3.48. The van der Waals surface area contributed by atoms with Gasteiger partial charge in [0, 0.05) is 6.20 Å². The molecule has 0 aromatic carbocycles. The second-order valence-corrected chi connectivity index (χ2v) is 7.15. The molecular weight excluding hydrogens is 294 g/mol. The summed E-state index contributed by atoms with van der Waals surface area (Å²) in [5.74, 6) is -1.52. The molecule has 2 unspecified atom stereocenters. The molecule has 1 fully saturated rings. The lowest BCUT2D eigenvalue weighted by molar-refractivity contribution is -0.163. The third-order valence-corrected chi connectivity index (χ3v) is 4.83. The Morgan fingerprint density at radius 1 is 1.30 bits per heavy atom. The third kappa shape index (κ3) is 1.94. The number of rotatable bonds is 4. The molecule has 3 rings (SSSR count). The number of aromatic nitrogens is 1. The summed E-state index contributed by atoms with van der Waals surface area (Å²) in [7, 11) is 0. The van der Waals surface area contributed by atoms with E-state index in [2.05, 4.69) is 10.3 Å². The number of nitrogens with zero attached hydrogens (tertiary/aromatic N) is 2. The van der Waals surface area contributed by atoms with Crippen LogP contribution in [0.1, 0.15) is 50.7 Å². The first kappa shape index (κ1) is 15.9. The maximum Gasteiger partial charge on any atom is 0.271 e. The molecule has 6 nitrogen and oxygen atoms in total. The first-order chi connectivity index (χ1) is 10.7. The number of hydrogen-bond donors (Lipinski definition) is 1. The van der Waals surface area contributed by atoms with Crippen LogP contribution < -0.4 is 5.32 Å². The number of amides is 2. The fourth-order valence-electron chi connectivity index (χ4n) is 3.23. The fraction of sp³-hybridized carbons (Fsp3) is 0.588. The van der Waals surface area contributed by atoms with Crippen LogP contribution in [0.2, 0.25) is 0 Å². The van der Waals surface area contributed by atoms with Crippen LogP contribution in [-0.4, -0.2) is 33.8 Å². The van der Waals surface area contributed by atoms with E-state index in [4.69, 9.17) is 4.74 Å². The van der Waals surface area contributed by atoms with Gasteiger partial charge in [0.15, 0.2) is 0 Å². The van der Waals surface area contributed by atoms with E-state index >= 15 is 0 Å². The van der Waals surface area contributed by atoms with E-state index in [0.29, 0.717) is 17.9 Å². The molecule has 23 heavy (non-hydrogen) atoms. The standard InChI is InChI=1S/C17H23N3O3/c1-10(2)9-23-17-13-12(7-6-8-18-13)14(21)20(17)16(5,11(3)4)15(22)19-17/h6-8,10-11H,9H2,1-5H3,(H,19,22). The monoisotopic (exact) mass is 317 g/mol. The van der Waals surface area contributed by atoms with Crippen LogP contribution in [0.15, 0.2) is 18.3 Å². The Balaban J connectivity index is 2.18. The zero-order valence-corrected chi connectivity index (χ0v) is 14.2. The molecule has 2 atom stereocenters. The molecular formula is C17H23N3O3. The van der Waals surface area contributed by atoms with E-state index in [1.165, 1.54) is 0 Å². The minimum atomic E-state index is -1.30. The van der Waals surface area contributed by atoms with Crippen LogP contribution in [0.4, 0.5) is 0 Å². The number of carbonyl (C=O) groups is 2. The quantitative estimate of drug-likeness (QED) is 0.920. The average molecular weight is 317 g/mol. The molecule has 0 radical (unpaired) electrons. The van der Waals surface area contributed by atoms with Gasteiger partial charge in [0.2, 0.25) is 5.91 Å². The van der Waals surface area contributed by atoms with Gasteiger partial charge in [-0.25, -0.2) is 0 Å².